The van der Waals surface area contributed by atoms with Crippen molar-refractivity contribution in [2.45, 2.75) is 46.0 Å². The summed E-state index contributed by atoms with van der Waals surface area (Å²) in [5.41, 5.74) is 0.557. The lowest BCUT2D eigenvalue weighted by Gasteiger charge is -2.03. The minimum Gasteiger partial charge on any atom is -0.481 e. The maximum absolute atomic E-state index is 11.9. The molecular formula is C14H21NO4. The van der Waals surface area contributed by atoms with Gasteiger partial charge in [0.1, 0.15) is 11.5 Å². The molecule has 106 valence electrons. The van der Waals surface area contributed by atoms with Crippen LogP contribution < -0.4 is 5.32 Å². The molecule has 0 saturated carbocycles. The topological polar surface area (TPSA) is 79.5 Å². The molecule has 0 bridgehead atoms. The van der Waals surface area contributed by atoms with E-state index in [1.165, 1.54) is 0 Å². The van der Waals surface area contributed by atoms with E-state index in [4.69, 9.17) is 9.52 Å². The van der Waals surface area contributed by atoms with E-state index in [1.54, 1.807) is 13.0 Å². The summed E-state index contributed by atoms with van der Waals surface area (Å²) in [6.07, 6.45) is 1.36. The molecule has 19 heavy (non-hydrogen) atoms. The van der Waals surface area contributed by atoms with Crippen molar-refractivity contribution >= 4 is 11.9 Å². The second-order valence-electron chi connectivity index (χ2n) is 4.88. The van der Waals surface area contributed by atoms with Crippen LogP contribution in [0.15, 0.2) is 10.5 Å². The molecule has 2 N–H and O–H groups in total. The van der Waals surface area contributed by atoms with E-state index in [0.29, 0.717) is 30.7 Å². The predicted molar refractivity (Wildman–Crippen MR) is 71.4 cm³/mol. The van der Waals surface area contributed by atoms with E-state index in [2.05, 4.69) is 5.32 Å². The summed E-state index contributed by atoms with van der Waals surface area (Å²) in [6.45, 7) is 6.26. The smallest absolute Gasteiger partial charge is 0.303 e. The van der Waals surface area contributed by atoms with Gasteiger partial charge in [-0.05, 0) is 25.8 Å². The van der Waals surface area contributed by atoms with Gasteiger partial charge in [-0.2, -0.15) is 0 Å². The first kappa shape index (κ1) is 15.3. The maximum Gasteiger partial charge on any atom is 0.303 e. The minimum atomic E-state index is -0.807. The third kappa shape index (κ3) is 4.77. The van der Waals surface area contributed by atoms with Gasteiger partial charge in [0, 0.05) is 18.9 Å². The maximum atomic E-state index is 11.9. The van der Waals surface area contributed by atoms with Crippen LogP contribution in [0.25, 0.3) is 0 Å². The van der Waals surface area contributed by atoms with E-state index < -0.39 is 5.97 Å². The van der Waals surface area contributed by atoms with Crippen LogP contribution in [0.3, 0.4) is 0 Å². The van der Waals surface area contributed by atoms with Gasteiger partial charge in [-0.3, -0.25) is 9.59 Å². The molecule has 0 unspecified atom stereocenters. The summed E-state index contributed by atoms with van der Waals surface area (Å²) in [5, 5.41) is 11.3. The van der Waals surface area contributed by atoms with Gasteiger partial charge in [-0.15, -0.1) is 0 Å². The van der Waals surface area contributed by atoms with Gasteiger partial charge in [-0.25, -0.2) is 0 Å². The van der Waals surface area contributed by atoms with Crippen LogP contribution in [-0.2, 0) is 4.79 Å². The van der Waals surface area contributed by atoms with Gasteiger partial charge in [0.2, 0.25) is 0 Å². The number of furan rings is 1. The lowest BCUT2D eigenvalue weighted by Crippen LogP contribution is -2.24. The molecule has 1 rings (SSSR count). The zero-order valence-electron chi connectivity index (χ0n) is 11.7. The molecule has 0 fully saturated rings. The van der Waals surface area contributed by atoms with Gasteiger partial charge in [0.05, 0.1) is 5.56 Å². The quantitative estimate of drug-likeness (QED) is 0.744. The molecule has 0 atom stereocenters. The molecule has 0 aromatic carbocycles. The van der Waals surface area contributed by atoms with Crippen LogP contribution >= 0.6 is 0 Å². The third-order valence-corrected chi connectivity index (χ3v) is 2.85. The molecule has 0 radical (unpaired) electrons. The van der Waals surface area contributed by atoms with Crippen molar-refractivity contribution < 1.29 is 19.1 Å². The van der Waals surface area contributed by atoms with Crippen molar-refractivity contribution in [3.05, 3.63) is 23.2 Å². The summed E-state index contributed by atoms with van der Waals surface area (Å²) in [5.74, 6) is 0.693. The average molecular weight is 267 g/mol. The number of carbonyl (C=O) groups excluding carboxylic acids is 1. The van der Waals surface area contributed by atoms with Crippen molar-refractivity contribution in [2.75, 3.05) is 6.54 Å². The molecule has 1 aromatic heterocycles. The van der Waals surface area contributed by atoms with E-state index in [9.17, 15) is 9.59 Å². The number of carbonyl (C=O) groups is 2. The lowest BCUT2D eigenvalue weighted by atomic mass is 10.1. The summed E-state index contributed by atoms with van der Waals surface area (Å²) in [7, 11) is 0. The molecule has 0 aliphatic heterocycles. The second kappa shape index (κ2) is 6.97. The van der Waals surface area contributed by atoms with Crippen LogP contribution in [0.4, 0.5) is 0 Å². The first-order valence-electron chi connectivity index (χ1n) is 6.52. The largest absolute Gasteiger partial charge is 0.481 e. The number of hydrogen-bond acceptors (Lipinski definition) is 3. The molecule has 0 saturated heterocycles. The number of amides is 1. The lowest BCUT2D eigenvalue weighted by molar-refractivity contribution is -0.137. The Morgan fingerprint density at radius 3 is 2.58 bits per heavy atom. The Balaban J connectivity index is 2.43. The van der Waals surface area contributed by atoms with Crippen LogP contribution in [0.5, 0.6) is 0 Å². The van der Waals surface area contributed by atoms with Gasteiger partial charge in [-0.1, -0.05) is 13.8 Å². The van der Waals surface area contributed by atoms with Crippen molar-refractivity contribution in [1.29, 1.82) is 0 Å². The zero-order valence-corrected chi connectivity index (χ0v) is 11.7. The fourth-order valence-electron chi connectivity index (χ4n) is 1.71. The van der Waals surface area contributed by atoms with E-state index >= 15 is 0 Å². The number of nitrogens with one attached hydrogen (secondary N) is 1. The first-order chi connectivity index (χ1) is 8.91. The number of aliphatic carboxylic acids is 1. The first-order valence-corrected chi connectivity index (χ1v) is 6.52. The minimum absolute atomic E-state index is 0.137. The predicted octanol–water partition coefficient (Wildman–Crippen LogP) is 2.70. The highest BCUT2D eigenvalue weighted by Crippen LogP contribution is 2.21. The Hall–Kier alpha value is -1.78. The molecule has 0 aliphatic rings. The molecule has 1 aromatic rings. The molecule has 5 nitrogen and oxygen atoms in total. The summed E-state index contributed by atoms with van der Waals surface area (Å²) < 4.78 is 5.52. The van der Waals surface area contributed by atoms with Gasteiger partial charge >= 0.3 is 5.97 Å². The fraction of sp³-hybridized carbons (Fsp3) is 0.571. The number of unbranched alkanes of at least 4 members (excludes halogenated alkanes) is 1. The van der Waals surface area contributed by atoms with E-state index in [0.717, 1.165) is 5.76 Å². The summed E-state index contributed by atoms with van der Waals surface area (Å²) in [4.78, 5) is 22.2. The van der Waals surface area contributed by atoms with Crippen molar-refractivity contribution in [3.8, 4) is 0 Å². The van der Waals surface area contributed by atoms with Gasteiger partial charge < -0.3 is 14.8 Å². The molecule has 1 amide bonds. The Bertz CT molecular complexity index is 448. The molecule has 0 spiro atoms. The van der Waals surface area contributed by atoms with Crippen LogP contribution in [0.1, 0.15) is 60.9 Å². The Morgan fingerprint density at radius 1 is 1.37 bits per heavy atom. The highest BCUT2D eigenvalue weighted by Gasteiger charge is 2.15. The monoisotopic (exact) mass is 267 g/mol. The third-order valence-electron chi connectivity index (χ3n) is 2.85. The number of carboxylic acid groups (broad SMARTS) is 1. The molecule has 5 heteroatoms. The number of aryl methyl sites for hydroxylation is 1. The fourth-order valence-corrected chi connectivity index (χ4v) is 1.71. The van der Waals surface area contributed by atoms with Crippen LogP contribution in [-0.4, -0.2) is 23.5 Å². The van der Waals surface area contributed by atoms with Crippen molar-refractivity contribution in [1.82, 2.24) is 5.32 Å². The standard InChI is InChI=1S/C14H21NO4/c1-9(2)12-8-11(10(3)19-12)14(18)15-7-5-4-6-13(16)17/h8-9H,4-7H2,1-3H3,(H,15,18)(H,16,17). The highest BCUT2D eigenvalue weighted by molar-refractivity contribution is 5.95. The normalized spacial score (nSPS) is 10.7. The summed E-state index contributed by atoms with van der Waals surface area (Å²) >= 11 is 0. The molecular weight excluding hydrogens is 246 g/mol. The Kier molecular flexibility index (Phi) is 5.60. The Morgan fingerprint density at radius 2 is 2.05 bits per heavy atom. The number of carboxylic acids is 1. The highest BCUT2D eigenvalue weighted by atomic mass is 16.4. The van der Waals surface area contributed by atoms with Crippen molar-refractivity contribution in [2.24, 2.45) is 0 Å². The average Bonchev–Trinajstić information content (AvgIpc) is 2.70. The van der Waals surface area contributed by atoms with Gasteiger partial charge in [0.15, 0.2) is 0 Å². The van der Waals surface area contributed by atoms with Gasteiger partial charge in [0.25, 0.3) is 5.91 Å². The van der Waals surface area contributed by atoms with Crippen molar-refractivity contribution in [3.63, 3.8) is 0 Å². The number of rotatable bonds is 7. The van der Waals surface area contributed by atoms with Crippen LogP contribution in [0.2, 0.25) is 0 Å². The molecule has 1 heterocycles. The number of hydrogen-bond donors (Lipinski definition) is 2. The molecule has 0 aliphatic carbocycles. The Labute approximate surface area is 113 Å². The SMILES string of the molecule is Cc1oc(C(C)C)cc1C(=O)NCCCCC(=O)O. The van der Waals surface area contributed by atoms with Crippen LogP contribution in [0, 0.1) is 6.92 Å². The van der Waals surface area contributed by atoms with E-state index in [1.807, 2.05) is 13.8 Å². The summed E-state index contributed by atoms with van der Waals surface area (Å²) in [6, 6.07) is 1.77. The zero-order chi connectivity index (χ0) is 14.4. The van der Waals surface area contributed by atoms with E-state index in [-0.39, 0.29) is 18.2 Å². The second-order valence-corrected chi connectivity index (χ2v) is 4.88.